The maximum atomic E-state index is 6.96. The molecular formula is C34H36O4. The van der Waals surface area contributed by atoms with Gasteiger partial charge in [0.15, 0.2) is 0 Å². The highest BCUT2D eigenvalue weighted by molar-refractivity contribution is 5.47. The Morgan fingerprint density at radius 1 is 0.737 bits per heavy atom. The molecule has 0 fully saturated rings. The normalized spacial score (nSPS) is 12.1. The van der Waals surface area contributed by atoms with Gasteiger partial charge >= 0.3 is 0 Å². The SMILES string of the molecule is C=CCOC(CCOCc1ccc(OC)cc1)COC(c1ccccc1)(c1ccccc1)c1ccccc1. The van der Waals surface area contributed by atoms with E-state index in [0.717, 1.165) is 28.0 Å². The molecule has 0 amide bonds. The van der Waals surface area contributed by atoms with Gasteiger partial charge in [-0.15, -0.1) is 6.58 Å². The Bertz CT molecular complexity index is 1110. The molecule has 0 aliphatic carbocycles. The fourth-order valence-corrected chi connectivity index (χ4v) is 4.53. The van der Waals surface area contributed by atoms with Crippen LogP contribution in [0.5, 0.6) is 5.75 Å². The molecule has 4 heteroatoms. The van der Waals surface area contributed by atoms with Crippen molar-refractivity contribution in [2.75, 3.05) is 26.9 Å². The van der Waals surface area contributed by atoms with Crippen molar-refractivity contribution >= 4 is 0 Å². The van der Waals surface area contributed by atoms with Crippen LogP contribution in [0.2, 0.25) is 0 Å². The van der Waals surface area contributed by atoms with Crippen molar-refractivity contribution in [3.05, 3.63) is 150 Å². The van der Waals surface area contributed by atoms with Crippen molar-refractivity contribution in [1.29, 1.82) is 0 Å². The fourth-order valence-electron chi connectivity index (χ4n) is 4.53. The average Bonchev–Trinajstić information content (AvgIpc) is 3.00. The molecule has 0 radical (unpaired) electrons. The lowest BCUT2D eigenvalue weighted by Gasteiger charge is -2.37. The Morgan fingerprint density at radius 2 is 1.26 bits per heavy atom. The van der Waals surface area contributed by atoms with Gasteiger partial charge < -0.3 is 18.9 Å². The molecule has 38 heavy (non-hydrogen) atoms. The number of benzene rings is 4. The van der Waals surface area contributed by atoms with E-state index in [1.54, 1.807) is 13.2 Å². The van der Waals surface area contributed by atoms with Gasteiger partial charge in [0.1, 0.15) is 11.4 Å². The number of hydrogen-bond donors (Lipinski definition) is 0. The van der Waals surface area contributed by atoms with Crippen LogP contribution < -0.4 is 4.74 Å². The highest BCUT2D eigenvalue weighted by Gasteiger charge is 2.38. The summed E-state index contributed by atoms with van der Waals surface area (Å²) in [6.45, 7) is 5.74. The fraction of sp³-hybridized carbons (Fsp3) is 0.235. The second-order valence-electron chi connectivity index (χ2n) is 9.02. The van der Waals surface area contributed by atoms with Gasteiger partial charge in [0.05, 0.1) is 33.0 Å². The lowest BCUT2D eigenvalue weighted by molar-refractivity contribution is -0.0689. The van der Waals surface area contributed by atoms with Gasteiger partial charge in [0, 0.05) is 6.61 Å². The highest BCUT2D eigenvalue weighted by atomic mass is 16.5. The van der Waals surface area contributed by atoms with Crippen LogP contribution in [0, 0.1) is 0 Å². The zero-order chi connectivity index (χ0) is 26.5. The van der Waals surface area contributed by atoms with Gasteiger partial charge in [-0.05, 0) is 40.8 Å². The first-order valence-corrected chi connectivity index (χ1v) is 13.0. The van der Waals surface area contributed by atoms with Crippen molar-refractivity contribution in [2.45, 2.75) is 24.7 Å². The van der Waals surface area contributed by atoms with Gasteiger partial charge in [-0.2, -0.15) is 0 Å². The third-order valence-electron chi connectivity index (χ3n) is 6.49. The standard InChI is InChI=1S/C34H36O4/c1-3-24-37-33(23-25-36-26-28-19-21-32(35-2)22-20-28)27-38-34(29-13-7-4-8-14-29,30-15-9-5-10-16-30)31-17-11-6-12-18-31/h3-22,33H,1,23-27H2,2H3. The summed E-state index contributed by atoms with van der Waals surface area (Å²) in [6, 6.07) is 39.1. The van der Waals surface area contributed by atoms with Crippen LogP contribution in [-0.2, 0) is 26.4 Å². The van der Waals surface area contributed by atoms with Gasteiger partial charge in [0.2, 0.25) is 0 Å². The van der Waals surface area contributed by atoms with E-state index in [1.165, 1.54) is 0 Å². The molecule has 4 rings (SSSR count). The Hall–Kier alpha value is -3.70. The molecule has 0 bridgehead atoms. The van der Waals surface area contributed by atoms with Crippen LogP contribution >= 0.6 is 0 Å². The molecule has 1 atom stereocenters. The summed E-state index contributed by atoms with van der Waals surface area (Å²) in [7, 11) is 1.67. The summed E-state index contributed by atoms with van der Waals surface area (Å²) in [5.41, 5.74) is 3.51. The van der Waals surface area contributed by atoms with Crippen LogP contribution in [0.25, 0.3) is 0 Å². The zero-order valence-electron chi connectivity index (χ0n) is 22.0. The minimum atomic E-state index is -0.788. The number of hydrogen-bond acceptors (Lipinski definition) is 4. The van der Waals surface area contributed by atoms with E-state index < -0.39 is 5.60 Å². The molecule has 4 aromatic carbocycles. The third kappa shape index (κ3) is 6.99. The van der Waals surface area contributed by atoms with Gasteiger partial charge in [-0.3, -0.25) is 0 Å². The van der Waals surface area contributed by atoms with Gasteiger partial charge in [0.25, 0.3) is 0 Å². The second-order valence-corrected chi connectivity index (χ2v) is 9.02. The summed E-state index contributed by atoms with van der Waals surface area (Å²) < 4.78 is 24.3. The molecule has 0 saturated carbocycles. The van der Waals surface area contributed by atoms with Crippen molar-refractivity contribution in [1.82, 2.24) is 0 Å². The first kappa shape index (κ1) is 27.3. The number of rotatable bonds is 15. The lowest BCUT2D eigenvalue weighted by atomic mass is 9.80. The van der Waals surface area contributed by atoms with E-state index >= 15 is 0 Å². The van der Waals surface area contributed by atoms with E-state index in [2.05, 4.69) is 79.4 Å². The van der Waals surface area contributed by atoms with E-state index in [0.29, 0.717) is 32.8 Å². The van der Waals surface area contributed by atoms with Crippen molar-refractivity contribution in [3.63, 3.8) is 0 Å². The first-order chi connectivity index (χ1) is 18.8. The molecular weight excluding hydrogens is 472 g/mol. The molecule has 0 heterocycles. The quantitative estimate of drug-likeness (QED) is 0.0968. The smallest absolute Gasteiger partial charge is 0.143 e. The van der Waals surface area contributed by atoms with Crippen molar-refractivity contribution < 1.29 is 18.9 Å². The third-order valence-corrected chi connectivity index (χ3v) is 6.49. The Kier molecular flexibility index (Phi) is 10.3. The molecule has 4 aromatic rings. The summed E-state index contributed by atoms with van der Waals surface area (Å²) in [5.74, 6) is 0.836. The minimum Gasteiger partial charge on any atom is -0.497 e. The summed E-state index contributed by atoms with van der Waals surface area (Å²) in [6.07, 6.45) is 2.29. The predicted molar refractivity (Wildman–Crippen MR) is 152 cm³/mol. The topological polar surface area (TPSA) is 36.9 Å². The largest absolute Gasteiger partial charge is 0.497 e. The number of methoxy groups -OCH3 is 1. The van der Waals surface area contributed by atoms with Crippen LogP contribution in [0.15, 0.2) is 128 Å². The summed E-state index contributed by atoms with van der Waals surface area (Å²) >= 11 is 0. The minimum absolute atomic E-state index is 0.167. The van der Waals surface area contributed by atoms with E-state index in [9.17, 15) is 0 Å². The van der Waals surface area contributed by atoms with Gasteiger partial charge in [-0.1, -0.05) is 109 Å². The summed E-state index contributed by atoms with van der Waals surface area (Å²) in [5, 5.41) is 0. The van der Waals surface area contributed by atoms with Crippen LogP contribution in [0.1, 0.15) is 28.7 Å². The molecule has 0 saturated heterocycles. The molecule has 4 nitrogen and oxygen atoms in total. The highest BCUT2D eigenvalue weighted by Crippen LogP contribution is 2.40. The first-order valence-electron chi connectivity index (χ1n) is 13.0. The Morgan fingerprint density at radius 3 is 1.74 bits per heavy atom. The van der Waals surface area contributed by atoms with Crippen LogP contribution in [0.4, 0.5) is 0 Å². The maximum absolute atomic E-state index is 6.96. The Balaban J connectivity index is 1.53. The molecule has 196 valence electrons. The molecule has 1 unspecified atom stereocenters. The van der Waals surface area contributed by atoms with Crippen LogP contribution in [0.3, 0.4) is 0 Å². The van der Waals surface area contributed by atoms with Gasteiger partial charge in [-0.25, -0.2) is 0 Å². The molecule has 0 N–H and O–H groups in total. The average molecular weight is 509 g/mol. The molecule has 0 spiro atoms. The van der Waals surface area contributed by atoms with E-state index in [1.807, 2.05) is 42.5 Å². The van der Waals surface area contributed by atoms with E-state index in [-0.39, 0.29) is 6.10 Å². The second kappa shape index (κ2) is 14.3. The molecule has 0 aliphatic rings. The van der Waals surface area contributed by atoms with E-state index in [4.69, 9.17) is 18.9 Å². The maximum Gasteiger partial charge on any atom is 0.143 e. The number of ether oxygens (including phenoxy) is 4. The van der Waals surface area contributed by atoms with Crippen LogP contribution in [-0.4, -0.2) is 33.0 Å². The molecule has 0 aromatic heterocycles. The molecule has 0 aliphatic heterocycles. The van der Waals surface area contributed by atoms with Crippen molar-refractivity contribution in [3.8, 4) is 5.75 Å². The van der Waals surface area contributed by atoms with Crippen molar-refractivity contribution in [2.24, 2.45) is 0 Å². The zero-order valence-corrected chi connectivity index (χ0v) is 22.0. The monoisotopic (exact) mass is 508 g/mol. The Labute approximate surface area is 226 Å². The summed E-state index contributed by atoms with van der Waals surface area (Å²) in [4.78, 5) is 0. The predicted octanol–water partition coefficient (Wildman–Crippen LogP) is 7.18. The lowest BCUT2D eigenvalue weighted by Crippen LogP contribution is -2.36.